The average Bonchev–Trinajstić information content (AvgIpc) is 2.42. The summed E-state index contributed by atoms with van der Waals surface area (Å²) in [6.45, 7) is 10.7. The van der Waals surface area contributed by atoms with Gasteiger partial charge in [0.1, 0.15) is 0 Å². The molecule has 1 amide bonds. The van der Waals surface area contributed by atoms with Gasteiger partial charge >= 0.3 is 0 Å². The Hall–Kier alpha value is -1.10. The molecule has 5 heteroatoms. The Morgan fingerprint density at radius 1 is 1.14 bits per heavy atom. The number of benzene rings is 1. The Kier molecular flexibility index (Phi) is 9.26. The average molecular weight is 314 g/mol. The first kappa shape index (κ1) is 19.9. The van der Waals surface area contributed by atoms with Gasteiger partial charge in [-0.05, 0) is 45.4 Å². The smallest absolute Gasteiger partial charge is 0.251 e. The van der Waals surface area contributed by atoms with Gasteiger partial charge in [0.2, 0.25) is 0 Å². The minimum Gasteiger partial charge on any atom is -0.351 e. The molecular formula is C16H28ClN3O. The molecule has 21 heavy (non-hydrogen) atoms. The van der Waals surface area contributed by atoms with E-state index in [9.17, 15) is 4.79 Å². The summed E-state index contributed by atoms with van der Waals surface area (Å²) in [6, 6.07) is 8.39. The summed E-state index contributed by atoms with van der Waals surface area (Å²) in [5.74, 6) is -0.0268. The highest BCUT2D eigenvalue weighted by Gasteiger charge is 2.13. The van der Waals surface area contributed by atoms with E-state index in [1.165, 1.54) is 0 Å². The second-order valence-corrected chi connectivity index (χ2v) is 5.58. The monoisotopic (exact) mass is 313 g/mol. The largest absolute Gasteiger partial charge is 0.351 e. The van der Waals surface area contributed by atoms with Gasteiger partial charge in [0.25, 0.3) is 5.91 Å². The zero-order valence-corrected chi connectivity index (χ0v) is 14.2. The first-order valence-electron chi connectivity index (χ1n) is 7.28. The fourth-order valence-corrected chi connectivity index (χ4v) is 2.31. The summed E-state index contributed by atoms with van der Waals surface area (Å²) in [4.78, 5) is 14.4. The molecule has 3 N–H and O–H groups in total. The van der Waals surface area contributed by atoms with Gasteiger partial charge in [0.15, 0.2) is 0 Å². The number of amides is 1. The molecule has 0 unspecified atom stereocenters. The number of carbonyl (C=O) groups excluding carboxylic acids is 1. The van der Waals surface area contributed by atoms with Crippen LogP contribution < -0.4 is 11.1 Å². The lowest BCUT2D eigenvalue weighted by Gasteiger charge is -2.30. The van der Waals surface area contributed by atoms with Crippen molar-refractivity contribution >= 4 is 18.3 Å². The lowest BCUT2D eigenvalue weighted by atomic mass is 10.1. The van der Waals surface area contributed by atoms with Crippen LogP contribution in [-0.4, -0.2) is 36.0 Å². The molecule has 0 radical (unpaired) electrons. The molecule has 0 aliphatic heterocycles. The third-order valence-corrected chi connectivity index (χ3v) is 3.43. The van der Waals surface area contributed by atoms with E-state index in [0.29, 0.717) is 30.7 Å². The van der Waals surface area contributed by atoms with Crippen LogP contribution in [0, 0.1) is 0 Å². The molecule has 1 rings (SSSR count). The maximum atomic E-state index is 12.0. The first-order valence-corrected chi connectivity index (χ1v) is 7.28. The predicted molar refractivity (Wildman–Crippen MR) is 90.9 cm³/mol. The molecule has 1 aromatic carbocycles. The summed E-state index contributed by atoms with van der Waals surface area (Å²) in [5, 5.41) is 2.96. The highest BCUT2D eigenvalue weighted by atomic mass is 35.5. The molecule has 0 aliphatic rings. The number of carbonyl (C=O) groups is 1. The summed E-state index contributed by atoms with van der Waals surface area (Å²) in [6.07, 6.45) is 0. The van der Waals surface area contributed by atoms with Crippen LogP contribution in [0.15, 0.2) is 24.3 Å². The van der Waals surface area contributed by atoms with E-state index in [2.05, 4.69) is 37.9 Å². The first-order chi connectivity index (χ1) is 9.45. The van der Waals surface area contributed by atoms with Crippen molar-refractivity contribution in [2.45, 2.75) is 46.3 Å². The van der Waals surface area contributed by atoms with Gasteiger partial charge in [-0.2, -0.15) is 0 Å². The van der Waals surface area contributed by atoms with Gasteiger partial charge in [0.05, 0.1) is 0 Å². The Morgan fingerprint density at radius 2 is 1.67 bits per heavy atom. The standard InChI is InChI=1S/C16H27N3O.ClH/c1-12(2)19(13(3)4)10-9-18-16(20)15-7-5-14(11-17)6-8-15;/h5-8,12-13H,9-11,17H2,1-4H3,(H,18,20);1H. The number of nitrogens with zero attached hydrogens (tertiary/aromatic N) is 1. The number of hydrogen-bond acceptors (Lipinski definition) is 3. The normalized spacial score (nSPS) is 10.9. The lowest BCUT2D eigenvalue weighted by molar-refractivity contribution is 0.0939. The Bertz CT molecular complexity index is 410. The SMILES string of the molecule is CC(C)N(CCNC(=O)c1ccc(CN)cc1)C(C)C.Cl. The van der Waals surface area contributed by atoms with Crippen molar-refractivity contribution in [3.63, 3.8) is 0 Å². The minimum atomic E-state index is -0.0268. The summed E-state index contributed by atoms with van der Waals surface area (Å²) >= 11 is 0. The second kappa shape index (κ2) is 9.77. The summed E-state index contributed by atoms with van der Waals surface area (Å²) in [5.41, 5.74) is 7.26. The predicted octanol–water partition coefficient (Wildman–Crippen LogP) is 2.42. The van der Waals surface area contributed by atoms with Crippen molar-refractivity contribution in [2.24, 2.45) is 5.73 Å². The summed E-state index contributed by atoms with van der Waals surface area (Å²) < 4.78 is 0. The molecule has 4 nitrogen and oxygen atoms in total. The summed E-state index contributed by atoms with van der Waals surface area (Å²) in [7, 11) is 0. The number of nitrogens with one attached hydrogen (secondary N) is 1. The van der Waals surface area contributed by atoms with Gasteiger partial charge in [-0.1, -0.05) is 12.1 Å². The molecule has 0 fully saturated rings. The van der Waals surface area contributed by atoms with E-state index in [1.54, 1.807) is 0 Å². The number of nitrogens with two attached hydrogens (primary N) is 1. The van der Waals surface area contributed by atoms with E-state index in [1.807, 2.05) is 24.3 Å². The molecule has 0 spiro atoms. The molecule has 0 saturated heterocycles. The van der Waals surface area contributed by atoms with Crippen molar-refractivity contribution in [3.8, 4) is 0 Å². The van der Waals surface area contributed by atoms with Crippen molar-refractivity contribution in [2.75, 3.05) is 13.1 Å². The maximum absolute atomic E-state index is 12.0. The quantitative estimate of drug-likeness (QED) is 0.813. The van der Waals surface area contributed by atoms with Crippen LogP contribution in [0.4, 0.5) is 0 Å². The Balaban J connectivity index is 0.00000400. The van der Waals surface area contributed by atoms with Crippen molar-refractivity contribution < 1.29 is 4.79 Å². The third-order valence-electron chi connectivity index (χ3n) is 3.43. The third kappa shape index (κ3) is 6.46. The molecule has 0 bridgehead atoms. The zero-order valence-electron chi connectivity index (χ0n) is 13.4. The van der Waals surface area contributed by atoms with E-state index < -0.39 is 0 Å². The molecule has 0 saturated carbocycles. The second-order valence-electron chi connectivity index (χ2n) is 5.58. The highest BCUT2D eigenvalue weighted by Crippen LogP contribution is 2.05. The molecular weight excluding hydrogens is 286 g/mol. The van der Waals surface area contributed by atoms with Crippen LogP contribution in [0.5, 0.6) is 0 Å². The maximum Gasteiger partial charge on any atom is 0.251 e. The van der Waals surface area contributed by atoms with Crippen LogP contribution >= 0.6 is 12.4 Å². The van der Waals surface area contributed by atoms with E-state index in [0.717, 1.165) is 12.1 Å². The van der Waals surface area contributed by atoms with Gasteiger partial charge in [0, 0.05) is 37.3 Å². The fourth-order valence-electron chi connectivity index (χ4n) is 2.31. The Labute approximate surface area is 134 Å². The molecule has 120 valence electrons. The fraction of sp³-hybridized carbons (Fsp3) is 0.562. The van der Waals surface area contributed by atoms with Crippen LogP contribution in [0.3, 0.4) is 0 Å². The number of hydrogen-bond donors (Lipinski definition) is 2. The lowest BCUT2D eigenvalue weighted by Crippen LogP contribution is -2.42. The van der Waals surface area contributed by atoms with Gasteiger partial charge in [-0.3, -0.25) is 9.69 Å². The van der Waals surface area contributed by atoms with Gasteiger partial charge < -0.3 is 11.1 Å². The van der Waals surface area contributed by atoms with Crippen molar-refractivity contribution in [3.05, 3.63) is 35.4 Å². The van der Waals surface area contributed by atoms with Crippen LogP contribution in [-0.2, 0) is 6.54 Å². The van der Waals surface area contributed by atoms with Crippen molar-refractivity contribution in [1.82, 2.24) is 10.2 Å². The molecule has 0 aliphatic carbocycles. The van der Waals surface area contributed by atoms with Crippen LogP contribution in [0.2, 0.25) is 0 Å². The van der Waals surface area contributed by atoms with Gasteiger partial charge in [-0.15, -0.1) is 12.4 Å². The molecule has 0 aromatic heterocycles. The van der Waals surface area contributed by atoms with Crippen LogP contribution in [0.1, 0.15) is 43.6 Å². The molecule has 1 aromatic rings. The van der Waals surface area contributed by atoms with Crippen molar-refractivity contribution in [1.29, 1.82) is 0 Å². The van der Waals surface area contributed by atoms with Gasteiger partial charge in [-0.25, -0.2) is 0 Å². The highest BCUT2D eigenvalue weighted by molar-refractivity contribution is 5.94. The van der Waals surface area contributed by atoms with Crippen LogP contribution in [0.25, 0.3) is 0 Å². The number of halogens is 1. The molecule has 0 atom stereocenters. The van der Waals surface area contributed by atoms with E-state index in [4.69, 9.17) is 5.73 Å². The Morgan fingerprint density at radius 3 is 2.10 bits per heavy atom. The molecule has 0 heterocycles. The number of rotatable bonds is 7. The van der Waals surface area contributed by atoms with E-state index in [-0.39, 0.29) is 18.3 Å². The van der Waals surface area contributed by atoms with E-state index >= 15 is 0 Å². The zero-order chi connectivity index (χ0) is 15.1. The topological polar surface area (TPSA) is 58.4 Å². The minimum absolute atomic E-state index is 0.